The maximum atomic E-state index is 13.7. The number of hydrogen-bond acceptors (Lipinski definition) is 4. The van der Waals surface area contributed by atoms with Crippen molar-refractivity contribution < 1.29 is 9.90 Å². The fraction of sp³-hybridized carbons (Fsp3) is 0.222. The number of nitrogens with zero attached hydrogens (tertiary/aromatic N) is 3. The van der Waals surface area contributed by atoms with E-state index in [1.165, 1.54) is 15.8 Å². The van der Waals surface area contributed by atoms with Crippen molar-refractivity contribution in [1.82, 2.24) is 19.7 Å². The summed E-state index contributed by atoms with van der Waals surface area (Å²) in [6.45, 7) is 1.88. The second-order valence-corrected chi connectivity index (χ2v) is 8.48. The van der Waals surface area contributed by atoms with E-state index in [-0.39, 0.29) is 24.5 Å². The van der Waals surface area contributed by atoms with Crippen LogP contribution in [-0.4, -0.2) is 38.5 Å². The molecule has 5 rings (SSSR count). The topological polar surface area (TPSA) is 89.2 Å². The van der Waals surface area contributed by atoms with Crippen LogP contribution in [0.5, 0.6) is 0 Å². The van der Waals surface area contributed by atoms with Crippen LogP contribution in [0.2, 0.25) is 0 Å². The van der Waals surface area contributed by atoms with Crippen molar-refractivity contribution in [1.29, 1.82) is 0 Å². The summed E-state index contributed by atoms with van der Waals surface area (Å²) in [4.78, 5) is 24.6. The molecule has 0 saturated carbocycles. The van der Waals surface area contributed by atoms with Crippen molar-refractivity contribution in [3.05, 3.63) is 100.0 Å². The summed E-state index contributed by atoms with van der Waals surface area (Å²) < 4.78 is 3.09. The minimum absolute atomic E-state index is 0. The molecule has 0 fully saturated rings. The van der Waals surface area contributed by atoms with Gasteiger partial charge in [0.05, 0.1) is 11.4 Å². The number of carboxylic acid groups (broad SMARTS) is 1. The van der Waals surface area contributed by atoms with E-state index < -0.39 is 5.97 Å². The summed E-state index contributed by atoms with van der Waals surface area (Å²) >= 11 is 0. The van der Waals surface area contributed by atoms with Gasteiger partial charge in [0, 0.05) is 12.0 Å². The van der Waals surface area contributed by atoms with Crippen LogP contribution < -0.4 is 11.0 Å². The molecule has 1 aromatic heterocycles. The van der Waals surface area contributed by atoms with Gasteiger partial charge in [0.1, 0.15) is 0 Å². The van der Waals surface area contributed by atoms with Crippen molar-refractivity contribution in [3.63, 3.8) is 0 Å². The fourth-order valence-electron chi connectivity index (χ4n) is 4.40. The van der Waals surface area contributed by atoms with E-state index in [2.05, 4.69) is 17.4 Å². The fourth-order valence-corrected chi connectivity index (χ4v) is 4.40. The van der Waals surface area contributed by atoms with Gasteiger partial charge in [-0.2, -0.15) is 4.68 Å². The van der Waals surface area contributed by atoms with Crippen LogP contribution in [0, 0.1) is 0 Å². The van der Waals surface area contributed by atoms with E-state index in [1.807, 2.05) is 60.7 Å². The normalized spacial score (nSPS) is 12.9. The van der Waals surface area contributed by atoms with Gasteiger partial charge in [-0.1, -0.05) is 48.5 Å². The number of nitrogens with one attached hydrogen (secondary N) is 1. The average Bonchev–Trinajstić information content (AvgIpc) is 3.03. The average molecular weight is 491 g/mol. The monoisotopic (exact) mass is 490 g/mol. The summed E-state index contributed by atoms with van der Waals surface area (Å²) in [6, 6.07) is 23.2. The molecule has 2 heterocycles. The second kappa shape index (κ2) is 10.7. The van der Waals surface area contributed by atoms with Crippen LogP contribution in [0.3, 0.4) is 0 Å². The van der Waals surface area contributed by atoms with Crippen LogP contribution in [0.15, 0.2) is 77.6 Å². The number of rotatable bonds is 6. The number of aliphatic carboxylic acids is 1. The lowest BCUT2D eigenvalue weighted by molar-refractivity contribution is -0.136. The summed E-state index contributed by atoms with van der Waals surface area (Å²) in [5, 5.41) is 17.1. The molecule has 0 bridgehead atoms. The van der Waals surface area contributed by atoms with Crippen LogP contribution >= 0.6 is 12.4 Å². The van der Waals surface area contributed by atoms with E-state index >= 15 is 0 Å². The zero-order chi connectivity index (χ0) is 23.5. The Hall–Kier alpha value is -3.68. The molecule has 0 radical (unpaired) electrons. The third-order valence-corrected chi connectivity index (χ3v) is 6.21. The second-order valence-electron chi connectivity index (χ2n) is 8.48. The third-order valence-electron chi connectivity index (χ3n) is 6.21. The lowest BCUT2D eigenvalue weighted by Crippen LogP contribution is -2.23. The summed E-state index contributed by atoms with van der Waals surface area (Å²) in [6.07, 6.45) is 2.41. The maximum absolute atomic E-state index is 13.7. The van der Waals surface area contributed by atoms with E-state index in [9.17, 15) is 9.59 Å². The summed E-state index contributed by atoms with van der Waals surface area (Å²) in [7, 11) is 0. The Labute approximate surface area is 209 Å². The lowest BCUT2D eigenvalue weighted by Gasteiger charge is -2.08. The standard InChI is InChI=1S/C27H26N4O3.ClH/c32-25(33)13-8-19-6-10-23(11-7-19)30-26(21-4-2-1-3-5-21)29-31(27(30)34)24-12-9-20-14-16-28-17-15-22(20)18-24;/h1-7,9-12,18,28H,8,13-17H2,(H,32,33);1H. The zero-order valence-electron chi connectivity index (χ0n) is 19.2. The van der Waals surface area contributed by atoms with Crippen LogP contribution in [-0.2, 0) is 24.1 Å². The molecule has 35 heavy (non-hydrogen) atoms. The predicted octanol–water partition coefficient (Wildman–Crippen LogP) is 3.82. The van der Waals surface area contributed by atoms with Gasteiger partial charge >= 0.3 is 11.7 Å². The van der Waals surface area contributed by atoms with Crippen molar-refractivity contribution in [2.75, 3.05) is 13.1 Å². The molecule has 0 spiro atoms. The van der Waals surface area contributed by atoms with Gasteiger partial charge in [-0.25, -0.2) is 9.36 Å². The zero-order valence-corrected chi connectivity index (χ0v) is 20.0. The molecular weight excluding hydrogens is 464 g/mol. The maximum Gasteiger partial charge on any atom is 0.355 e. The lowest BCUT2D eigenvalue weighted by atomic mass is 10.0. The molecule has 1 aliphatic rings. The quantitative estimate of drug-likeness (QED) is 0.429. The number of hydrogen-bond donors (Lipinski definition) is 2. The molecule has 4 aromatic rings. The first-order valence-corrected chi connectivity index (χ1v) is 11.5. The van der Waals surface area contributed by atoms with Crippen LogP contribution in [0.25, 0.3) is 22.8 Å². The van der Waals surface area contributed by atoms with Crippen molar-refractivity contribution in [2.24, 2.45) is 0 Å². The highest BCUT2D eigenvalue weighted by molar-refractivity contribution is 5.85. The molecule has 7 nitrogen and oxygen atoms in total. The Balaban J connectivity index is 0.00000289. The van der Waals surface area contributed by atoms with Crippen LogP contribution in [0.1, 0.15) is 23.1 Å². The number of carbonyl (C=O) groups is 1. The Bertz CT molecular complexity index is 1380. The Morgan fingerprint density at radius 2 is 1.60 bits per heavy atom. The van der Waals surface area contributed by atoms with Gasteiger partial charge in [-0.05, 0) is 73.3 Å². The smallest absolute Gasteiger partial charge is 0.355 e. The number of benzene rings is 3. The minimum Gasteiger partial charge on any atom is -0.481 e. The minimum atomic E-state index is -0.829. The summed E-state index contributed by atoms with van der Waals surface area (Å²) in [5.74, 6) is -0.273. The number of fused-ring (bicyclic) bond motifs is 1. The predicted molar refractivity (Wildman–Crippen MR) is 138 cm³/mol. The highest BCUT2D eigenvalue weighted by Crippen LogP contribution is 2.22. The van der Waals surface area contributed by atoms with Crippen molar-refractivity contribution >= 4 is 18.4 Å². The molecule has 3 aromatic carbocycles. The molecule has 1 aliphatic heterocycles. The first kappa shape index (κ1) is 24.4. The van der Waals surface area contributed by atoms with Gasteiger partial charge < -0.3 is 10.4 Å². The Morgan fingerprint density at radius 1 is 0.914 bits per heavy atom. The molecule has 180 valence electrons. The number of halogens is 1. The first-order valence-electron chi connectivity index (χ1n) is 11.5. The van der Waals surface area contributed by atoms with E-state index in [0.29, 0.717) is 17.9 Å². The van der Waals surface area contributed by atoms with Crippen LogP contribution in [0.4, 0.5) is 0 Å². The van der Waals surface area contributed by atoms with E-state index in [1.54, 1.807) is 4.57 Å². The molecule has 2 N–H and O–H groups in total. The molecule has 0 unspecified atom stereocenters. The van der Waals surface area contributed by atoms with Gasteiger partial charge in [-0.3, -0.25) is 4.79 Å². The highest BCUT2D eigenvalue weighted by atomic mass is 35.5. The Kier molecular flexibility index (Phi) is 7.48. The molecule has 0 saturated heterocycles. The van der Waals surface area contributed by atoms with Gasteiger partial charge in [0.15, 0.2) is 5.82 Å². The van der Waals surface area contributed by atoms with Gasteiger partial charge in [-0.15, -0.1) is 17.5 Å². The summed E-state index contributed by atoms with van der Waals surface area (Å²) in [5.41, 5.74) is 5.49. The number of aryl methyl sites for hydroxylation is 1. The SMILES string of the molecule is Cl.O=C(O)CCc1ccc(-n2c(-c3ccccc3)nn(-c3ccc4c(c3)CCNCC4)c2=O)cc1. The van der Waals surface area contributed by atoms with E-state index in [0.717, 1.165) is 42.7 Å². The number of carboxylic acids is 1. The van der Waals surface area contributed by atoms with Gasteiger partial charge in [0.2, 0.25) is 0 Å². The molecule has 8 heteroatoms. The highest BCUT2D eigenvalue weighted by Gasteiger charge is 2.19. The third kappa shape index (κ3) is 5.21. The van der Waals surface area contributed by atoms with Crippen molar-refractivity contribution in [3.8, 4) is 22.8 Å². The molecular formula is C27H27ClN4O3. The Morgan fingerprint density at radius 3 is 2.31 bits per heavy atom. The number of aromatic nitrogens is 3. The largest absolute Gasteiger partial charge is 0.481 e. The van der Waals surface area contributed by atoms with Crippen molar-refractivity contribution in [2.45, 2.75) is 25.7 Å². The molecule has 0 atom stereocenters. The molecule has 0 amide bonds. The first-order chi connectivity index (χ1) is 16.6. The molecule has 0 aliphatic carbocycles. The van der Waals surface area contributed by atoms with E-state index in [4.69, 9.17) is 10.2 Å². The van der Waals surface area contributed by atoms with Gasteiger partial charge in [0.25, 0.3) is 0 Å².